The van der Waals surface area contributed by atoms with E-state index in [1.165, 1.54) is 11.8 Å². The largest absolute Gasteiger partial charge is 0.497 e. The number of carbonyl (C=O) groups is 2. The number of aliphatic carboxylic acids is 1. The fraction of sp³-hybridized carbons (Fsp3) is 0.333. The monoisotopic (exact) mass is 307 g/mol. The first-order chi connectivity index (χ1) is 10.0. The van der Waals surface area contributed by atoms with E-state index in [9.17, 15) is 9.59 Å². The van der Waals surface area contributed by atoms with Crippen LogP contribution in [0.15, 0.2) is 29.2 Å². The van der Waals surface area contributed by atoms with E-state index in [1.54, 1.807) is 12.0 Å². The first kappa shape index (κ1) is 15.4. The molecule has 0 spiro atoms. The van der Waals surface area contributed by atoms with Crippen molar-refractivity contribution in [3.8, 4) is 5.75 Å². The Bertz CT molecular complexity index is 580. The number of carbonyl (C=O) groups excluding carboxylic acids is 1. The Morgan fingerprint density at radius 2 is 2.05 bits per heavy atom. The molecule has 1 aromatic carbocycles. The second kappa shape index (κ2) is 6.67. The molecule has 1 aliphatic rings. The van der Waals surface area contributed by atoms with Gasteiger partial charge in [-0.2, -0.15) is 0 Å². The molecule has 0 radical (unpaired) electrons. The molecule has 0 unspecified atom stereocenters. The van der Waals surface area contributed by atoms with Crippen molar-refractivity contribution >= 4 is 29.3 Å². The van der Waals surface area contributed by atoms with Gasteiger partial charge in [-0.1, -0.05) is 0 Å². The number of allylic oxidation sites excluding steroid dienone is 1. The maximum Gasteiger partial charge on any atom is 0.305 e. The lowest BCUT2D eigenvalue weighted by molar-refractivity contribution is -0.137. The Balaban J connectivity index is 2.33. The van der Waals surface area contributed by atoms with E-state index in [2.05, 4.69) is 0 Å². The Morgan fingerprint density at radius 1 is 1.38 bits per heavy atom. The highest BCUT2D eigenvalue weighted by Gasteiger charge is 2.26. The third-order valence-electron chi connectivity index (χ3n) is 3.23. The number of hydrogen-bond donors (Lipinski definition) is 1. The number of thioether (sulfide) groups is 1. The highest BCUT2D eigenvalue weighted by molar-refractivity contribution is 8.03. The molecule has 1 aromatic rings. The Kier molecular flexibility index (Phi) is 4.90. The smallest absolute Gasteiger partial charge is 0.305 e. The summed E-state index contributed by atoms with van der Waals surface area (Å²) in [6.07, 6.45) is -0.0661. The number of rotatable bonds is 5. The molecule has 6 heteroatoms. The van der Waals surface area contributed by atoms with E-state index in [0.717, 1.165) is 21.9 Å². The van der Waals surface area contributed by atoms with Crippen LogP contribution in [0, 0.1) is 0 Å². The summed E-state index contributed by atoms with van der Waals surface area (Å²) in [5.41, 5.74) is 1.68. The van der Waals surface area contributed by atoms with Gasteiger partial charge in [0.25, 0.3) is 0 Å². The lowest BCUT2D eigenvalue weighted by atomic mass is 10.1. The van der Waals surface area contributed by atoms with Gasteiger partial charge >= 0.3 is 5.97 Å². The number of benzene rings is 1. The molecule has 1 N–H and O–H groups in total. The fourth-order valence-electron chi connectivity index (χ4n) is 2.18. The molecule has 1 heterocycles. The van der Waals surface area contributed by atoms with Crippen molar-refractivity contribution in [3.05, 3.63) is 34.7 Å². The minimum atomic E-state index is -0.909. The zero-order valence-electron chi connectivity index (χ0n) is 12.0. The van der Waals surface area contributed by atoms with Crippen molar-refractivity contribution in [3.63, 3.8) is 0 Å². The van der Waals surface area contributed by atoms with E-state index in [-0.39, 0.29) is 18.9 Å². The zero-order chi connectivity index (χ0) is 15.4. The van der Waals surface area contributed by atoms with Crippen LogP contribution in [0.2, 0.25) is 0 Å². The highest BCUT2D eigenvalue weighted by Crippen LogP contribution is 2.35. The number of carboxylic acids is 1. The summed E-state index contributed by atoms with van der Waals surface area (Å²) in [5.74, 6) is 0.125. The van der Waals surface area contributed by atoms with E-state index in [1.807, 2.05) is 31.2 Å². The summed E-state index contributed by atoms with van der Waals surface area (Å²) < 4.78 is 5.13. The van der Waals surface area contributed by atoms with Gasteiger partial charge in [0, 0.05) is 11.4 Å². The van der Waals surface area contributed by atoms with Gasteiger partial charge in [0.15, 0.2) is 0 Å². The molecule has 0 fully saturated rings. The number of ether oxygens (including phenoxy) is 1. The van der Waals surface area contributed by atoms with E-state index in [0.29, 0.717) is 5.75 Å². The number of nitrogens with zero attached hydrogens (tertiary/aromatic N) is 1. The molecule has 0 aliphatic carbocycles. The average Bonchev–Trinajstić information content (AvgIpc) is 2.48. The van der Waals surface area contributed by atoms with E-state index >= 15 is 0 Å². The van der Waals surface area contributed by atoms with Crippen LogP contribution in [0.4, 0.5) is 0 Å². The summed E-state index contributed by atoms with van der Waals surface area (Å²) in [6.45, 7) is 2.14. The standard InChI is InChI=1S/C15H17NO4S/c1-10-15(11-3-5-12(20-2)6-4-11)16(8-7-14(18)19)13(17)9-21-10/h3-6H,7-9H2,1-2H3,(H,18,19). The van der Waals surface area contributed by atoms with Crippen LogP contribution in [0.1, 0.15) is 18.9 Å². The van der Waals surface area contributed by atoms with Crippen LogP contribution in [0.25, 0.3) is 5.70 Å². The third-order valence-corrected chi connectivity index (χ3v) is 4.25. The van der Waals surface area contributed by atoms with Gasteiger partial charge in [-0.05, 0) is 36.8 Å². The van der Waals surface area contributed by atoms with Crippen LogP contribution in [-0.2, 0) is 9.59 Å². The topological polar surface area (TPSA) is 66.8 Å². The van der Waals surface area contributed by atoms with Crippen molar-refractivity contribution in [1.82, 2.24) is 4.90 Å². The maximum absolute atomic E-state index is 12.1. The minimum absolute atomic E-state index is 0.0577. The number of hydrogen-bond acceptors (Lipinski definition) is 4. The second-order valence-electron chi connectivity index (χ2n) is 4.61. The van der Waals surface area contributed by atoms with Crippen LogP contribution in [0.3, 0.4) is 0 Å². The van der Waals surface area contributed by atoms with Crippen molar-refractivity contribution in [1.29, 1.82) is 0 Å². The van der Waals surface area contributed by atoms with Gasteiger partial charge in [-0.25, -0.2) is 0 Å². The highest BCUT2D eigenvalue weighted by atomic mass is 32.2. The van der Waals surface area contributed by atoms with Gasteiger partial charge in [-0.3, -0.25) is 9.59 Å². The molecule has 21 heavy (non-hydrogen) atoms. The Labute approximate surface area is 127 Å². The molecule has 5 nitrogen and oxygen atoms in total. The van der Waals surface area contributed by atoms with Crippen LogP contribution < -0.4 is 4.74 Å². The average molecular weight is 307 g/mol. The van der Waals surface area contributed by atoms with E-state index < -0.39 is 5.97 Å². The lowest BCUT2D eigenvalue weighted by Crippen LogP contribution is -2.35. The van der Waals surface area contributed by atoms with Crippen LogP contribution >= 0.6 is 11.8 Å². The van der Waals surface area contributed by atoms with Crippen molar-refractivity contribution in [2.24, 2.45) is 0 Å². The number of carboxylic acid groups (broad SMARTS) is 1. The predicted molar refractivity (Wildman–Crippen MR) is 82.0 cm³/mol. The normalized spacial score (nSPS) is 15.3. The predicted octanol–water partition coefficient (Wildman–Crippen LogP) is 2.43. The maximum atomic E-state index is 12.1. The second-order valence-corrected chi connectivity index (χ2v) is 5.80. The van der Waals surface area contributed by atoms with Crippen molar-refractivity contribution in [2.45, 2.75) is 13.3 Å². The number of amides is 1. The SMILES string of the molecule is COc1ccc(C2=C(C)SCC(=O)N2CCC(=O)O)cc1. The van der Waals surface area contributed by atoms with Crippen LogP contribution in [-0.4, -0.2) is 41.3 Å². The molecular formula is C15H17NO4S. The quantitative estimate of drug-likeness (QED) is 0.905. The summed E-state index contributed by atoms with van der Waals surface area (Å²) in [4.78, 5) is 25.5. The van der Waals surface area contributed by atoms with Gasteiger partial charge < -0.3 is 14.7 Å². The summed E-state index contributed by atoms with van der Waals surface area (Å²) in [6, 6.07) is 7.42. The molecule has 0 saturated carbocycles. The molecule has 0 aromatic heterocycles. The van der Waals surface area contributed by atoms with Gasteiger partial charge in [0.1, 0.15) is 5.75 Å². The first-order valence-corrected chi connectivity index (χ1v) is 7.51. The van der Waals surface area contributed by atoms with Crippen LogP contribution in [0.5, 0.6) is 5.75 Å². The first-order valence-electron chi connectivity index (χ1n) is 6.53. The molecule has 0 saturated heterocycles. The minimum Gasteiger partial charge on any atom is -0.497 e. The van der Waals surface area contributed by atoms with Crippen molar-refractivity contribution in [2.75, 3.05) is 19.4 Å². The van der Waals surface area contributed by atoms with Gasteiger partial charge in [0.2, 0.25) is 5.91 Å². The molecule has 1 amide bonds. The summed E-state index contributed by atoms with van der Waals surface area (Å²) in [5, 5.41) is 8.85. The molecule has 0 atom stereocenters. The summed E-state index contributed by atoms with van der Waals surface area (Å²) >= 11 is 1.49. The molecule has 2 rings (SSSR count). The molecular weight excluding hydrogens is 290 g/mol. The molecule has 0 bridgehead atoms. The van der Waals surface area contributed by atoms with Gasteiger partial charge in [-0.15, -0.1) is 11.8 Å². The Morgan fingerprint density at radius 3 is 2.62 bits per heavy atom. The molecule has 112 valence electrons. The van der Waals surface area contributed by atoms with Gasteiger partial charge in [0.05, 0.1) is 25.0 Å². The number of methoxy groups -OCH3 is 1. The molecule has 1 aliphatic heterocycles. The summed E-state index contributed by atoms with van der Waals surface area (Å²) in [7, 11) is 1.60. The van der Waals surface area contributed by atoms with Crippen molar-refractivity contribution < 1.29 is 19.4 Å². The third kappa shape index (κ3) is 3.58. The fourth-order valence-corrected chi connectivity index (χ4v) is 3.04. The Hall–Kier alpha value is -1.95. The lowest BCUT2D eigenvalue weighted by Gasteiger charge is -2.30. The zero-order valence-corrected chi connectivity index (χ0v) is 12.8. The van der Waals surface area contributed by atoms with E-state index in [4.69, 9.17) is 9.84 Å².